The van der Waals surface area contributed by atoms with Crippen LogP contribution < -0.4 is 5.73 Å². The predicted octanol–water partition coefficient (Wildman–Crippen LogP) is 1.61. The summed E-state index contributed by atoms with van der Waals surface area (Å²) in [5.74, 6) is -0.337. The minimum atomic E-state index is -0.328. The minimum absolute atomic E-state index is 0.00908. The van der Waals surface area contributed by atoms with Crippen molar-refractivity contribution < 1.29 is 14.7 Å². The summed E-state index contributed by atoms with van der Waals surface area (Å²) in [4.78, 5) is 12.5. The molecule has 0 aliphatic rings. The van der Waals surface area contributed by atoms with Gasteiger partial charge in [-0.2, -0.15) is 0 Å². The number of nitrogens with two attached hydrogens (primary N) is 1. The second kappa shape index (κ2) is 6.90. The molecule has 98 valence electrons. The van der Waals surface area contributed by atoms with Crippen LogP contribution in [0.2, 0.25) is 0 Å². The summed E-state index contributed by atoms with van der Waals surface area (Å²) in [7, 11) is 0. The molecule has 0 fully saturated rings. The molecule has 0 heterocycles. The lowest BCUT2D eigenvalue weighted by molar-refractivity contribution is -0.142. The lowest BCUT2D eigenvalue weighted by Gasteiger charge is -2.12. The van der Waals surface area contributed by atoms with Gasteiger partial charge in [0.15, 0.2) is 5.84 Å². The fraction of sp³-hybridized carbons (Fsp3) is 0.333. The Morgan fingerprint density at radius 3 is 2.83 bits per heavy atom. The smallest absolute Gasteiger partial charge is 0.310 e. The van der Waals surface area contributed by atoms with E-state index in [0.29, 0.717) is 12.2 Å². The molecule has 0 radical (unpaired) electrons. The van der Waals surface area contributed by atoms with E-state index in [1.165, 1.54) is 11.8 Å². The van der Waals surface area contributed by atoms with E-state index in [1.807, 2.05) is 12.3 Å². The van der Waals surface area contributed by atoms with Crippen molar-refractivity contribution in [2.45, 2.75) is 18.2 Å². The maximum absolute atomic E-state index is 11.6. The van der Waals surface area contributed by atoms with Crippen LogP contribution in [0, 0.1) is 0 Å². The molecule has 6 heteroatoms. The van der Waals surface area contributed by atoms with Gasteiger partial charge in [-0.1, -0.05) is 17.3 Å². The summed E-state index contributed by atoms with van der Waals surface area (Å²) in [6.07, 6.45) is 2.01. The molecular weight excluding hydrogens is 252 g/mol. The Morgan fingerprint density at radius 1 is 1.56 bits per heavy atom. The van der Waals surface area contributed by atoms with E-state index in [-0.39, 0.29) is 18.2 Å². The van der Waals surface area contributed by atoms with Gasteiger partial charge in [0.1, 0.15) is 0 Å². The van der Waals surface area contributed by atoms with Gasteiger partial charge in [0.05, 0.1) is 13.0 Å². The molecule has 0 atom stereocenters. The zero-order chi connectivity index (χ0) is 13.5. The lowest BCUT2D eigenvalue weighted by atomic mass is 10.0. The standard InChI is InChI=1S/C12H16N2O3S/c1-3-17-11(15)7-9-8(12(13)14-16)5-4-6-10(9)18-2/h4-6,16H,3,7H2,1-2H3,(H2,13,14). The largest absolute Gasteiger partial charge is 0.466 e. The quantitative estimate of drug-likeness (QED) is 0.212. The Morgan fingerprint density at radius 2 is 2.28 bits per heavy atom. The molecule has 0 saturated heterocycles. The monoisotopic (exact) mass is 268 g/mol. The van der Waals surface area contributed by atoms with Crippen LogP contribution in [0.25, 0.3) is 0 Å². The molecule has 0 spiro atoms. The van der Waals surface area contributed by atoms with E-state index in [4.69, 9.17) is 15.7 Å². The first-order chi connectivity index (χ1) is 8.63. The number of amidine groups is 1. The van der Waals surface area contributed by atoms with Crippen molar-refractivity contribution in [3.05, 3.63) is 29.3 Å². The van der Waals surface area contributed by atoms with Crippen LogP contribution in [0.5, 0.6) is 0 Å². The molecule has 1 aromatic carbocycles. The third kappa shape index (κ3) is 3.40. The van der Waals surface area contributed by atoms with E-state index in [2.05, 4.69) is 5.16 Å². The Kier molecular flexibility index (Phi) is 5.51. The average Bonchev–Trinajstić information content (AvgIpc) is 2.38. The SMILES string of the molecule is CCOC(=O)Cc1c(SC)cccc1C(N)=NO. The second-order valence-electron chi connectivity index (χ2n) is 3.45. The Hall–Kier alpha value is -1.69. The summed E-state index contributed by atoms with van der Waals surface area (Å²) in [5, 5.41) is 11.7. The van der Waals surface area contributed by atoms with E-state index < -0.39 is 0 Å². The highest BCUT2D eigenvalue weighted by molar-refractivity contribution is 7.98. The van der Waals surface area contributed by atoms with Gasteiger partial charge in [0, 0.05) is 10.5 Å². The van der Waals surface area contributed by atoms with E-state index in [9.17, 15) is 4.79 Å². The zero-order valence-corrected chi connectivity index (χ0v) is 11.2. The highest BCUT2D eigenvalue weighted by Crippen LogP contribution is 2.24. The molecule has 5 nitrogen and oxygen atoms in total. The van der Waals surface area contributed by atoms with Crippen molar-refractivity contribution in [1.82, 2.24) is 0 Å². The molecule has 0 amide bonds. The van der Waals surface area contributed by atoms with Crippen molar-refractivity contribution in [1.29, 1.82) is 0 Å². The molecule has 18 heavy (non-hydrogen) atoms. The number of thioether (sulfide) groups is 1. The summed E-state index contributed by atoms with van der Waals surface area (Å²) in [6, 6.07) is 5.39. The summed E-state index contributed by atoms with van der Waals surface area (Å²) < 4.78 is 4.92. The van der Waals surface area contributed by atoms with Crippen LogP contribution in [0.1, 0.15) is 18.1 Å². The minimum Gasteiger partial charge on any atom is -0.466 e. The number of oxime groups is 1. The van der Waals surface area contributed by atoms with Gasteiger partial charge in [-0.25, -0.2) is 0 Å². The van der Waals surface area contributed by atoms with Gasteiger partial charge >= 0.3 is 5.97 Å². The maximum atomic E-state index is 11.6. The summed E-state index contributed by atoms with van der Waals surface area (Å²) >= 11 is 1.50. The van der Waals surface area contributed by atoms with Crippen LogP contribution >= 0.6 is 11.8 Å². The first-order valence-electron chi connectivity index (χ1n) is 5.43. The fourth-order valence-electron chi connectivity index (χ4n) is 1.59. The van der Waals surface area contributed by atoms with Crippen LogP contribution in [0.4, 0.5) is 0 Å². The topological polar surface area (TPSA) is 84.9 Å². The first-order valence-corrected chi connectivity index (χ1v) is 6.65. The third-order valence-electron chi connectivity index (χ3n) is 2.36. The predicted molar refractivity (Wildman–Crippen MR) is 71.1 cm³/mol. The normalized spacial score (nSPS) is 11.3. The molecule has 0 aliphatic heterocycles. The molecule has 1 rings (SSSR count). The van der Waals surface area contributed by atoms with Gasteiger partial charge < -0.3 is 15.7 Å². The van der Waals surface area contributed by atoms with Crippen LogP contribution in [0.3, 0.4) is 0 Å². The number of carbonyl (C=O) groups is 1. The fourth-order valence-corrected chi connectivity index (χ4v) is 2.23. The number of hydrogen-bond acceptors (Lipinski definition) is 5. The Bertz CT molecular complexity index is 461. The van der Waals surface area contributed by atoms with E-state index in [1.54, 1.807) is 19.1 Å². The molecular formula is C12H16N2O3S. The van der Waals surface area contributed by atoms with Crippen LogP contribution in [-0.2, 0) is 16.0 Å². The van der Waals surface area contributed by atoms with E-state index >= 15 is 0 Å². The highest BCUT2D eigenvalue weighted by atomic mass is 32.2. The molecule has 3 N–H and O–H groups in total. The van der Waals surface area contributed by atoms with Gasteiger partial charge in [0.2, 0.25) is 0 Å². The molecule has 0 unspecified atom stereocenters. The molecule has 0 saturated carbocycles. The van der Waals surface area contributed by atoms with Gasteiger partial charge in [-0.3, -0.25) is 4.79 Å². The highest BCUT2D eigenvalue weighted by Gasteiger charge is 2.15. The zero-order valence-electron chi connectivity index (χ0n) is 10.3. The molecule has 0 bridgehead atoms. The number of benzene rings is 1. The Labute approximate surface area is 110 Å². The molecule has 0 aromatic heterocycles. The molecule has 1 aromatic rings. The summed E-state index contributed by atoms with van der Waals surface area (Å²) in [5.41, 5.74) is 6.88. The van der Waals surface area contributed by atoms with Gasteiger partial charge in [-0.05, 0) is 24.8 Å². The van der Waals surface area contributed by atoms with Gasteiger partial charge in [0.25, 0.3) is 0 Å². The number of esters is 1. The molecule has 0 aliphatic carbocycles. The van der Waals surface area contributed by atoms with Crippen LogP contribution in [-0.4, -0.2) is 29.9 Å². The Balaban J connectivity index is 3.16. The van der Waals surface area contributed by atoms with Crippen molar-refractivity contribution in [2.24, 2.45) is 10.9 Å². The number of nitrogens with zero attached hydrogens (tertiary/aromatic N) is 1. The number of hydrogen-bond donors (Lipinski definition) is 2. The van der Waals surface area contributed by atoms with Crippen LogP contribution in [0.15, 0.2) is 28.3 Å². The number of carbonyl (C=O) groups excluding carboxylic acids is 1. The van der Waals surface area contributed by atoms with Gasteiger partial charge in [-0.15, -0.1) is 11.8 Å². The average molecular weight is 268 g/mol. The van der Waals surface area contributed by atoms with Crippen molar-refractivity contribution in [3.63, 3.8) is 0 Å². The number of ether oxygens (including phenoxy) is 1. The third-order valence-corrected chi connectivity index (χ3v) is 3.19. The first kappa shape index (κ1) is 14.4. The van der Waals surface area contributed by atoms with Crippen molar-refractivity contribution >= 4 is 23.6 Å². The lowest BCUT2D eigenvalue weighted by Crippen LogP contribution is -2.18. The summed E-state index contributed by atoms with van der Waals surface area (Å²) in [6.45, 7) is 2.09. The van der Waals surface area contributed by atoms with E-state index in [0.717, 1.165) is 10.5 Å². The van der Waals surface area contributed by atoms with Crippen molar-refractivity contribution in [2.75, 3.05) is 12.9 Å². The second-order valence-corrected chi connectivity index (χ2v) is 4.30. The maximum Gasteiger partial charge on any atom is 0.310 e. The van der Waals surface area contributed by atoms with Crippen molar-refractivity contribution in [3.8, 4) is 0 Å². The number of rotatable bonds is 5.